The zero-order valence-corrected chi connectivity index (χ0v) is 15.5. The molecule has 0 saturated carbocycles. The number of hydrogen-bond acceptors (Lipinski definition) is 4. The van der Waals surface area contributed by atoms with Crippen LogP contribution in [0.4, 0.5) is 0 Å². The van der Waals surface area contributed by atoms with Crippen molar-refractivity contribution in [2.45, 2.75) is 24.4 Å². The number of rotatable bonds is 3. The summed E-state index contributed by atoms with van der Waals surface area (Å²) in [6.45, 7) is 1.91. The molecule has 0 aliphatic carbocycles. The van der Waals surface area contributed by atoms with Gasteiger partial charge in [0, 0.05) is 6.54 Å². The molecule has 2 N–H and O–H groups in total. The molecule has 1 heterocycles. The van der Waals surface area contributed by atoms with Gasteiger partial charge in [-0.05, 0) is 53.4 Å². The zero-order chi connectivity index (χ0) is 19.2. The van der Waals surface area contributed by atoms with Gasteiger partial charge in [-0.15, -0.1) is 0 Å². The number of phenolic OH excluding ortho intramolecular Hbond substituents is 2. The third kappa shape index (κ3) is 2.97. The highest BCUT2D eigenvalue weighted by molar-refractivity contribution is 7.89. The van der Waals surface area contributed by atoms with Gasteiger partial charge >= 0.3 is 0 Å². The van der Waals surface area contributed by atoms with Crippen molar-refractivity contribution in [2.75, 3.05) is 0 Å². The van der Waals surface area contributed by atoms with E-state index in [2.05, 4.69) is 0 Å². The fourth-order valence-corrected chi connectivity index (χ4v) is 5.22. The normalized spacial score (nSPS) is 17.0. The van der Waals surface area contributed by atoms with Gasteiger partial charge in [0.1, 0.15) is 16.4 Å². The first kappa shape index (κ1) is 17.6. The summed E-state index contributed by atoms with van der Waals surface area (Å²) in [7, 11) is -3.96. The molecule has 0 radical (unpaired) electrons. The smallest absolute Gasteiger partial charge is 0.247 e. The van der Waals surface area contributed by atoms with Gasteiger partial charge in [0.25, 0.3) is 0 Å². The Morgan fingerprint density at radius 2 is 1.70 bits per heavy atom. The Morgan fingerprint density at radius 3 is 2.41 bits per heavy atom. The van der Waals surface area contributed by atoms with E-state index in [9.17, 15) is 18.6 Å². The minimum atomic E-state index is -3.96. The number of benzene rings is 3. The van der Waals surface area contributed by atoms with Crippen molar-refractivity contribution in [3.05, 3.63) is 89.0 Å². The molecule has 27 heavy (non-hydrogen) atoms. The molecule has 0 amide bonds. The molecule has 138 valence electrons. The van der Waals surface area contributed by atoms with Gasteiger partial charge in [0.15, 0.2) is 0 Å². The standard InChI is InChI=1S/C21H19NO4S/c1-14-7-10-20(19(24)11-14)27(25,26)22-13-16-12-17(23)8-9-18(16)21(22)15-5-3-2-4-6-15/h2-12,21,23-24H,13H2,1H3. The highest BCUT2D eigenvalue weighted by Gasteiger charge is 2.40. The lowest BCUT2D eigenvalue weighted by molar-refractivity contribution is 0.382. The van der Waals surface area contributed by atoms with E-state index in [1.54, 1.807) is 31.2 Å². The number of fused-ring (bicyclic) bond motifs is 1. The van der Waals surface area contributed by atoms with Crippen LogP contribution in [0.3, 0.4) is 0 Å². The second-order valence-corrected chi connectivity index (χ2v) is 8.58. The van der Waals surface area contributed by atoms with E-state index in [0.717, 1.165) is 22.3 Å². The molecule has 0 fully saturated rings. The Kier molecular flexibility index (Phi) is 4.17. The van der Waals surface area contributed by atoms with Gasteiger partial charge in [0.2, 0.25) is 10.0 Å². The van der Waals surface area contributed by atoms with E-state index in [4.69, 9.17) is 0 Å². The van der Waals surface area contributed by atoms with E-state index < -0.39 is 16.1 Å². The van der Waals surface area contributed by atoms with E-state index in [0.29, 0.717) is 0 Å². The fraction of sp³-hybridized carbons (Fsp3) is 0.143. The first-order valence-electron chi connectivity index (χ1n) is 8.56. The summed E-state index contributed by atoms with van der Waals surface area (Å²) in [5.41, 5.74) is 3.19. The summed E-state index contributed by atoms with van der Waals surface area (Å²) in [5.74, 6) is -0.168. The van der Waals surface area contributed by atoms with Crippen molar-refractivity contribution in [1.82, 2.24) is 4.31 Å². The Balaban J connectivity index is 1.88. The molecular weight excluding hydrogens is 362 g/mol. The quantitative estimate of drug-likeness (QED) is 0.725. The first-order chi connectivity index (χ1) is 12.9. The fourth-order valence-electron chi connectivity index (χ4n) is 3.59. The summed E-state index contributed by atoms with van der Waals surface area (Å²) in [5, 5.41) is 20.1. The van der Waals surface area contributed by atoms with Crippen LogP contribution in [-0.2, 0) is 16.6 Å². The second kappa shape index (κ2) is 6.40. The van der Waals surface area contributed by atoms with Crippen molar-refractivity contribution >= 4 is 10.0 Å². The zero-order valence-electron chi connectivity index (χ0n) is 14.7. The molecule has 1 unspecified atom stereocenters. The monoisotopic (exact) mass is 381 g/mol. The van der Waals surface area contributed by atoms with Crippen LogP contribution in [0, 0.1) is 6.92 Å². The average molecular weight is 381 g/mol. The van der Waals surface area contributed by atoms with Crippen molar-refractivity contribution in [3.8, 4) is 11.5 Å². The average Bonchev–Trinajstić information content (AvgIpc) is 3.01. The van der Waals surface area contributed by atoms with Gasteiger partial charge in [-0.25, -0.2) is 8.42 Å². The van der Waals surface area contributed by atoms with Crippen molar-refractivity contribution in [3.63, 3.8) is 0 Å². The molecule has 0 saturated heterocycles. The largest absolute Gasteiger partial charge is 0.508 e. The van der Waals surface area contributed by atoms with E-state index in [-0.39, 0.29) is 22.9 Å². The van der Waals surface area contributed by atoms with Crippen LogP contribution in [0.1, 0.15) is 28.3 Å². The number of aromatic hydroxyl groups is 2. The third-order valence-corrected chi connectivity index (χ3v) is 6.71. The summed E-state index contributed by atoms with van der Waals surface area (Å²) < 4.78 is 28.2. The summed E-state index contributed by atoms with van der Waals surface area (Å²) >= 11 is 0. The van der Waals surface area contributed by atoms with Gasteiger partial charge < -0.3 is 10.2 Å². The van der Waals surface area contributed by atoms with E-state index in [1.165, 1.54) is 16.4 Å². The van der Waals surface area contributed by atoms with Crippen LogP contribution in [0.5, 0.6) is 11.5 Å². The maximum absolute atomic E-state index is 13.4. The van der Waals surface area contributed by atoms with Crippen molar-refractivity contribution in [1.29, 1.82) is 0 Å². The summed E-state index contributed by atoms with van der Waals surface area (Å²) in [4.78, 5) is -0.119. The molecule has 3 aromatic rings. The summed E-state index contributed by atoms with van der Waals surface area (Å²) in [6.07, 6.45) is 0. The van der Waals surface area contributed by atoms with Gasteiger partial charge in [-0.3, -0.25) is 0 Å². The maximum atomic E-state index is 13.4. The van der Waals surface area contributed by atoms with E-state index in [1.807, 2.05) is 30.3 Å². The van der Waals surface area contributed by atoms with Crippen LogP contribution >= 0.6 is 0 Å². The predicted molar refractivity (Wildman–Crippen MR) is 102 cm³/mol. The predicted octanol–water partition coefficient (Wildman–Crippen LogP) is 3.70. The Hall–Kier alpha value is -2.83. The van der Waals surface area contributed by atoms with Crippen LogP contribution < -0.4 is 0 Å². The first-order valence-corrected chi connectivity index (χ1v) is 10.00. The lowest BCUT2D eigenvalue weighted by Crippen LogP contribution is -2.30. The molecule has 1 atom stereocenters. The Labute approximate surface area is 158 Å². The lowest BCUT2D eigenvalue weighted by Gasteiger charge is -2.25. The third-order valence-electron chi connectivity index (χ3n) is 4.85. The van der Waals surface area contributed by atoms with Gasteiger partial charge in [-0.1, -0.05) is 42.5 Å². The Bertz CT molecular complexity index is 1110. The number of phenols is 2. The lowest BCUT2D eigenvalue weighted by atomic mass is 9.98. The molecule has 6 heteroatoms. The SMILES string of the molecule is Cc1ccc(S(=O)(=O)N2Cc3cc(O)ccc3C2c2ccccc2)c(O)c1. The minimum Gasteiger partial charge on any atom is -0.508 e. The molecule has 5 nitrogen and oxygen atoms in total. The molecule has 4 rings (SSSR count). The van der Waals surface area contributed by atoms with Gasteiger partial charge in [0.05, 0.1) is 6.04 Å². The van der Waals surface area contributed by atoms with Crippen molar-refractivity contribution < 1.29 is 18.6 Å². The number of nitrogens with zero attached hydrogens (tertiary/aromatic N) is 1. The highest BCUT2D eigenvalue weighted by Crippen LogP contribution is 2.44. The molecule has 0 aromatic heterocycles. The Morgan fingerprint density at radius 1 is 0.963 bits per heavy atom. The number of aryl methyl sites for hydroxylation is 1. The van der Waals surface area contributed by atoms with Crippen LogP contribution in [0.15, 0.2) is 71.6 Å². The number of sulfonamides is 1. The molecule has 0 bridgehead atoms. The van der Waals surface area contributed by atoms with Gasteiger partial charge in [-0.2, -0.15) is 4.31 Å². The van der Waals surface area contributed by atoms with Crippen LogP contribution in [0.2, 0.25) is 0 Å². The van der Waals surface area contributed by atoms with Crippen LogP contribution in [-0.4, -0.2) is 22.9 Å². The minimum absolute atomic E-state index is 0.0954. The maximum Gasteiger partial charge on any atom is 0.247 e. The van der Waals surface area contributed by atoms with Crippen molar-refractivity contribution in [2.24, 2.45) is 0 Å². The second-order valence-electron chi connectivity index (χ2n) is 6.72. The molecule has 0 spiro atoms. The molecule has 3 aromatic carbocycles. The summed E-state index contributed by atoms with van der Waals surface area (Å²) in [6, 6.07) is 18.3. The van der Waals surface area contributed by atoms with Crippen LogP contribution in [0.25, 0.3) is 0 Å². The highest BCUT2D eigenvalue weighted by atomic mass is 32.2. The molecular formula is C21H19NO4S. The topological polar surface area (TPSA) is 77.8 Å². The number of hydrogen-bond donors (Lipinski definition) is 2. The molecule has 1 aliphatic rings. The van der Waals surface area contributed by atoms with E-state index >= 15 is 0 Å². The molecule has 1 aliphatic heterocycles.